The SMILES string of the molecule is CC(C)(C)NC[C@H]1CCCN(c2ccc(-c3csc4cc(C(F)(F)F)ccc34)cc2C(O)C(=O)c2ccccc2)C1. The fourth-order valence-corrected chi connectivity index (χ4v) is 6.47. The minimum Gasteiger partial charge on any atom is -0.380 e. The van der Waals surface area contributed by atoms with E-state index in [-0.39, 0.29) is 5.54 Å². The fraction of sp³-hybridized carbons (Fsp3) is 0.364. The van der Waals surface area contributed by atoms with Crippen molar-refractivity contribution >= 4 is 32.9 Å². The Bertz CT molecular complexity index is 1530. The summed E-state index contributed by atoms with van der Waals surface area (Å²) >= 11 is 1.25. The molecule has 0 spiro atoms. The number of benzene rings is 3. The van der Waals surface area contributed by atoms with Crippen LogP contribution in [-0.2, 0) is 6.18 Å². The van der Waals surface area contributed by atoms with Gasteiger partial charge in [0.05, 0.1) is 5.56 Å². The molecule has 8 heteroatoms. The van der Waals surface area contributed by atoms with Crippen molar-refractivity contribution < 1.29 is 23.1 Å². The van der Waals surface area contributed by atoms with E-state index in [1.807, 2.05) is 29.6 Å². The molecule has 0 bridgehead atoms. The number of hydrogen-bond donors (Lipinski definition) is 2. The van der Waals surface area contributed by atoms with Crippen LogP contribution in [0.5, 0.6) is 0 Å². The molecule has 2 heterocycles. The van der Waals surface area contributed by atoms with E-state index in [1.165, 1.54) is 23.5 Å². The molecule has 4 aromatic rings. The van der Waals surface area contributed by atoms with E-state index in [0.717, 1.165) is 55.4 Å². The Hall–Kier alpha value is -3.20. The van der Waals surface area contributed by atoms with Crippen LogP contribution in [0.3, 0.4) is 0 Å². The molecular weight excluding hydrogens is 545 g/mol. The molecule has 3 aromatic carbocycles. The summed E-state index contributed by atoms with van der Waals surface area (Å²) in [5.74, 6) is 0.0260. The first kappa shape index (κ1) is 29.3. The number of aliphatic hydroxyl groups is 1. The maximum atomic E-state index is 13.4. The van der Waals surface area contributed by atoms with Gasteiger partial charge < -0.3 is 15.3 Å². The lowest BCUT2D eigenvalue weighted by Crippen LogP contribution is -2.45. The first-order valence-electron chi connectivity index (χ1n) is 13.9. The Morgan fingerprint density at radius 1 is 1.07 bits per heavy atom. The smallest absolute Gasteiger partial charge is 0.380 e. The van der Waals surface area contributed by atoms with Gasteiger partial charge in [0.1, 0.15) is 6.10 Å². The van der Waals surface area contributed by atoms with Crippen molar-refractivity contribution in [1.82, 2.24) is 5.32 Å². The standard InChI is InChI=1S/C33H35F3N2O2S/c1-32(2,3)37-18-21-8-7-15-38(19-21)28-14-11-23(16-26(28)31(40)30(39)22-9-5-4-6-10-22)27-20-41-29-17-24(33(34,35)36)12-13-25(27)29/h4-6,9-14,16-17,20-21,31,37,40H,7-8,15,18-19H2,1-3H3/t21-,31?/m1/s1. The van der Waals surface area contributed by atoms with Crippen LogP contribution in [0.1, 0.15) is 61.2 Å². The van der Waals surface area contributed by atoms with Crippen molar-refractivity contribution in [2.45, 2.75) is 51.4 Å². The highest BCUT2D eigenvalue weighted by molar-refractivity contribution is 7.17. The maximum absolute atomic E-state index is 13.4. The van der Waals surface area contributed by atoms with E-state index in [1.54, 1.807) is 24.3 Å². The van der Waals surface area contributed by atoms with Crippen molar-refractivity contribution in [1.29, 1.82) is 0 Å². The van der Waals surface area contributed by atoms with E-state index < -0.39 is 23.6 Å². The first-order valence-corrected chi connectivity index (χ1v) is 14.8. The highest BCUT2D eigenvalue weighted by Crippen LogP contribution is 2.41. The topological polar surface area (TPSA) is 52.6 Å². The molecule has 4 nitrogen and oxygen atoms in total. The number of nitrogens with zero attached hydrogens (tertiary/aromatic N) is 1. The maximum Gasteiger partial charge on any atom is 0.416 e. The summed E-state index contributed by atoms with van der Waals surface area (Å²) in [7, 11) is 0. The largest absolute Gasteiger partial charge is 0.416 e. The molecule has 41 heavy (non-hydrogen) atoms. The summed E-state index contributed by atoms with van der Waals surface area (Å²) in [4.78, 5) is 15.7. The third kappa shape index (κ3) is 6.66. The number of aliphatic hydroxyl groups excluding tert-OH is 1. The summed E-state index contributed by atoms with van der Waals surface area (Å²) in [6, 6.07) is 18.2. The molecule has 1 saturated heterocycles. The molecule has 1 aromatic heterocycles. The van der Waals surface area contributed by atoms with Gasteiger partial charge in [0.2, 0.25) is 0 Å². The average Bonchev–Trinajstić information content (AvgIpc) is 3.38. The summed E-state index contributed by atoms with van der Waals surface area (Å²) in [6.45, 7) is 8.92. The predicted molar refractivity (Wildman–Crippen MR) is 161 cm³/mol. The minimum atomic E-state index is -4.41. The average molecular weight is 581 g/mol. The minimum absolute atomic E-state index is 0.0115. The van der Waals surface area contributed by atoms with Gasteiger partial charge >= 0.3 is 6.18 Å². The molecule has 2 N–H and O–H groups in total. The van der Waals surface area contributed by atoms with Crippen LogP contribution in [0.4, 0.5) is 18.9 Å². The van der Waals surface area contributed by atoms with Gasteiger partial charge in [-0.3, -0.25) is 4.79 Å². The van der Waals surface area contributed by atoms with Crippen molar-refractivity contribution in [3.63, 3.8) is 0 Å². The molecule has 1 aliphatic heterocycles. The van der Waals surface area contributed by atoms with E-state index in [2.05, 4.69) is 31.0 Å². The second-order valence-corrected chi connectivity index (χ2v) is 12.8. The molecule has 0 saturated carbocycles. The second-order valence-electron chi connectivity index (χ2n) is 11.8. The molecule has 1 fully saturated rings. The lowest BCUT2D eigenvalue weighted by atomic mass is 9.91. The lowest BCUT2D eigenvalue weighted by molar-refractivity contribution is -0.137. The summed E-state index contributed by atoms with van der Waals surface area (Å²) < 4.78 is 40.4. The quantitative estimate of drug-likeness (QED) is 0.217. The Morgan fingerprint density at radius 2 is 1.83 bits per heavy atom. The number of rotatable bonds is 7. The molecule has 0 aliphatic carbocycles. The monoisotopic (exact) mass is 580 g/mol. The van der Waals surface area contributed by atoms with Gasteiger partial charge in [0, 0.05) is 57.6 Å². The third-order valence-electron chi connectivity index (χ3n) is 7.62. The van der Waals surface area contributed by atoms with Gasteiger partial charge in [-0.25, -0.2) is 0 Å². The van der Waals surface area contributed by atoms with Crippen molar-refractivity contribution in [3.8, 4) is 11.1 Å². The first-order chi connectivity index (χ1) is 19.4. The number of halogens is 3. The number of thiophene rings is 1. The van der Waals surface area contributed by atoms with Gasteiger partial charge in [-0.2, -0.15) is 13.2 Å². The van der Waals surface area contributed by atoms with Crippen LogP contribution in [0.15, 0.2) is 72.1 Å². The van der Waals surface area contributed by atoms with Crippen LogP contribution >= 0.6 is 11.3 Å². The van der Waals surface area contributed by atoms with E-state index in [9.17, 15) is 23.1 Å². The van der Waals surface area contributed by atoms with Crippen LogP contribution in [-0.4, -0.2) is 36.1 Å². The zero-order valence-electron chi connectivity index (χ0n) is 23.5. The molecule has 1 aliphatic rings. The van der Waals surface area contributed by atoms with Crippen molar-refractivity contribution in [3.05, 3.63) is 88.8 Å². The number of nitrogens with one attached hydrogen (secondary N) is 1. The molecule has 2 atom stereocenters. The molecule has 1 unspecified atom stereocenters. The Balaban J connectivity index is 1.53. The number of anilines is 1. The van der Waals surface area contributed by atoms with E-state index >= 15 is 0 Å². The number of Topliss-reactive ketones (excluding diaryl/α,β-unsaturated/α-hetero) is 1. The Kier molecular flexibility index (Phi) is 8.28. The van der Waals surface area contributed by atoms with Gasteiger partial charge in [0.25, 0.3) is 0 Å². The number of alkyl halides is 3. The fourth-order valence-electron chi connectivity index (χ4n) is 5.46. The number of hydrogen-bond acceptors (Lipinski definition) is 5. The highest BCUT2D eigenvalue weighted by Gasteiger charge is 2.31. The number of carbonyl (C=O) groups excluding carboxylic acids is 1. The van der Waals surface area contributed by atoms with Crippen LogP contribution in [0, 0.1) is 5.92 Å². The number of ketones is 1. The van der Waals surface area contributed by atoms with Gasteiger partial charge in [-0.1, -0.05) is 42.5 Å². The van der Waals surface area contributed by atoms with Gasteiger partial charge in [-0.15, -0.1) is 11.3 Å². The van der Waals surface area contributed by atoms with Crippen molar-refractivity contribution in [2.75, 3.05) is 24.5 Å². The molecule has 0 amide bonds. The second kappa shape index (κ2) is 11.6. The van der Waals surface area contributed by atoms with Gasteiger partial charge in [-0.05, 0) is 74.7 Å². The van der Waals surface area contributed by atoms with Crippen molar-refractivity contribution in [2.24, 2.45) is 5.92 Å². The number of piperidine rings is 1. The van der Waals surface area contributed by atoms with E-state index in [4.69, 9.17) is 0 Å². The summed E-state index contributed by atoms with van der Waals surface area (Å²) in [5, 5.41) is 17.6. The lowest BCUT2D eigenvalue weighted by Gasteiger charge is -2.37. The third-order valence-corrected chi connectivity index (χ3v) is 8.57. The Labute approximate surface area is 242 Å². The molecular formula is C33H35F3N2O2S. The van der Waals surface area contributed by atoms with Gasteiger partial charge in [0.15, 0.2) is 5.78 Å². The van der Waals surface area contributed by atoms with E-state index in [0.29, 0.717) is 27.1 Å². The zero-order chi connectivity index (χ0) is 29.4. The highest BCUT2D eigenvalue weighted by atomic mass is 32.1. The normalized spacial score (nSPS) is 17.1. The number of fused-ring (bicyclic) bond motifs is 1. The van der Waals surface area contributed by atoms with Crippen LogP contribution in [0.25, 0.3) is 21.2 Å². The molecule has 5 rings (SSSR count). The summed E-state index contributed by atoms with van der Waals surface area (Å²) in [6.07, 6.45) is -3.71. The Morgan fingerprint density at radius 3 is 2.54 bits per heavy atom. The molecule has 216 valence electrons. The van der Waals surface area contributed by atoms with Crippen LogP contribution in [0.2, 0.25) is 0 Å². The van der Waals surface area contributed by atoms with Crippen LogP contribution < -0.4 is 10.2 Å². The number of carbonyl (C=O) groups is 1. The predicted octanol–water partition coefficient (Wildman–Crippen LogP) is 8.11. The molecule has 0 radical (unpaired) electrons. The summed E-state index contributed by atoms with van der Waals surface area (Å²) in [5.41, 5.74) is 2.59. The zero-order valence-corrected chi connectivity index (χ0v) is 24.3.